The SMILES string of the molecule is Cc1ccc(S(=O)(=O)C[C@H](C(=O)N[C@@H](C)C2=Nc3cccc(C)c3C2)[C@@H](C)O)cc1. The summed E-state index contributed by atoms with van der Waals surface area (Å²) in [4.78, 5) is 17.6. The number of hydrogen-bond donors (Lipinski definition) is 2. The Bertz CT molecular complexity index is 1070. The van der Waals surface area contributed by atoms with Gasteiger partial charge in [0.2, 0.25) is 5.91 Å². The first-order chi connectivity index (χ1) is 14.1. The summed E-state index contributed by atoms with van der Waals surface area (Å²) in [5.41, 5.74) is 4.96. The fraction of sp³-hybridized carbons (Fsp3) is 0.391. The van der Waals surface area contributed by atoms with E-state index in [0.29, 0.717) is 6.42 Å². The van der Waals surface area contributed by atoms with E-state index in [2.05, 4.69) is 10.3 Å². The molecule has 1 aliphatic rings. The van der Waals surface area contributed by atoms with Crippen LogP contribution in [0.25, 0.3) is 0 Å². The van der Waals surface area contributed by atoms with Crippen molar-refractivity contribution in [3.8, 4) is 0 Å². The van der Waals surface area contributed by atoms with E-state index in [1.54, 1.807) is 12.1 Å². The summed E-state index contributed by atoms with van der Waals surface area (Å²) in [5, 5.41) is 13.0. The van der Waals surface area contributed by atoms with Crippen molar-refractivity contribution < 1.29 is 18.3 Å². The number of fused-ring (bicyclic) bond motifs is 1. The maximum Gasteiger partial charge on any atom is 0.227 e. The van der Waals surface area contributed by atoms with Crippen LogP contribution in [0.4, 0.5) is 5.69 Å². The van der Waals surface area contributed by atoms with Crippen molar-refractivity contribution in [3.05, 3.63) is 59.2 Å². The van der Waals surface area contributed by atoms with E-state index in [1.807, 2.05) is 39.0 Å². The van der Waals surface area contributed by atoms with Crippen molar-refractivity contribution in [2.24, 2.45) is 10.9 Å². The first kappa shape index (κ1) is 22.2. The molecule has 2 aromatic rings. The van der Waals surface area contributed by atoms with E-state index < -0.39 is 33.5 Å². The van der Waals surface area contributed by atoms with E-state index in [-0.39, 0.29) is 10.9 Å². The molecule has 0 aromatic heterocycles. The standard InChI is InChI=1S/C23H28N2O4S/c1-14-8-10-18(11-9-14)30(28,29)13-20(17(4)26)23(27)24-16(3)22-12-19-15(2)6-5-7-21(19)25-22/h5-11,16-17,20,26H,12-13H2,1-4H3,(H,24,27)/t16-,17+,20-/m0/s1. The summed E-state index contributed by atoms with van der Waals surface area (Å²) in [6, 6.07) is 12.0. The molecular weight excluding hydrogens is 400 g/mol. The Morgan fingerprint density at radius 1 is 1.13 bits per heavy atom. The quantitative estimate of drug-likeness (QED) is 0.709. The van der Waals surface area contributed by atoms with Gasteiger partial charge in [-0.05, 0) is 57.0 Å². The van der Waals surface area contributed by atoms with Gasteiger partial charge in [-0.1, -0.05) is 29.8 Å². The molecule has 0 unspecified atom stereocenters. The number of benzene rings is 2. The summed E-state index contributed by atoms with van der Waals surface area (Å²) in [6.45, 7) is 7.16. The molecule has 0 spiro atoms. The van der Waals surface area contributed by atoms with Gasteiger partial charge in [0.1, 0.15) is 0 Å². The van der Waals surface area contributed by atoms with Gasteiger partial charge in [0.25, 0.3) is 0 Å². The minimum absolute atomic E-state index is 0.144. The summed E-state index contributed by atoms with van der Waals surface area (Å²) < 4.78 is 25.6. The first-order valence-electron chi connectivity index (χ1n) is 10.0. The predicted molar refractivity (Wildman–Crippen MR) is 118 cm³/mol. The molecule has 2 aromatic carbocycles. The van der Waals surface area contributed by atoms with Gasteiger partial charge in [0, 0.05) is 12.1 Å². The number of sulfone groups is 1. The lowest BCUT2D eigenvalue weighted by molar-refractivity contribution is -0.127. The number of rotatable bonds is 7. The summed E-state index contributed by atoms with van der Waals surface area (Å²) in [7, 11) is -3.72. The van der Waals surface area contributed by atoms with Crippen LogP contribution in [0.3, 0.4) is 0 Å². The molecule has 1 amide bonds. The molecule has 30 heavy (non-hydrogen) atoms. The van der Waals surface area contributed by atoms with Crippen molar-refractivity contribution in [1.82, 2.24) is 5.32 Å². The summed E-state index contributed by atoms with van der Waals surface area (Å²) >= 11 is 0. The number of carbonyl (C=O) groups excluding carboxylic acids is 1. The molecule has 3 atom stereocenters. The number of nitrogens with one attached hydrogen (secondary N) is 1. The number of aryl methyl sites for hydroxylation is 2. The zero-order valence-electron chi connectivity index (χ0n) is 17.7. The zero-order chi connectivity index (χ0) is 22.1. The molecule has 2 N–H and O–H groups in total. The van der Waals surface area contributed by atoms with E-state index in [0.717, 1.165) is 28.1 Å². The average Bonchev–Trinajstić information content (AvgIpc) is 3.12. The van der Waals surface area contributed by atoms with Gasteiger partial charge in [0.15, 0.2) is 9.84 Å². The van der Waals surface area contributed by atoms with Crippen LogP contribution >= 0.6 is 0 Å². The Hall–Kier alpha value is -2.51. The lowest BCUT2D eigenvalue weighted by Gasteiger charge is -2.22. The Morgan fingerprint density at radius 2 is 1.80 bits per heavy atom. The molecule has 0 radical (unpaired) electrons. The third kappa shape index (κ3) is 4.79. The van der Waals surface area contributed by atoms with Crippen molar-refractivity contribution in [2.45, 2.75) is 51.2 Å². The second-order valence-corrected chi connectivity index (χ2v) is 10.1. The highest BCUT2D eigenvalue weighted by Crippen LogP contribution is 2.30. The van der Waals surface area contributed by atoms with Crippen molar-refractivity contribution in [3.63, 3.8) is 0 Å². The van der Waals surface area contributed by atoms with Gasteiger partial charge in [-0.2, -0.15) is 0 Å². The van der Waals surface area contributed by atoms with Crippen LogP contribution in [0, 0.1) is 19.8 Å². The number of hydrogen-bond acceptors (Lipinski definition) is 5. The first-order valence-corrected chi connectivity index (χ1v) is 11.7. The molecule has 0 aliphatic carbocycles. The monoisotopic (exact) mass is 428 g/mol. The second-order valence-electron chi connectivity index (χ2n) is 8.02. The smallest absolute Gasteiger partial charge is 0.227 e. The summed E-state index contributed by atoms with van der Waals surface area (Å²) in [5.74, 6) is -2.04. The van der Waals surface area contributed by atoms with Gasteiger partial charge in [0.05, 0.1) is 34.4 Å². The maximum atomic E-state index is 12.9. The predicted octanol–water partition coefficient (Wildman–Crippen LogP) is 2.91. The highest BCUT2D eigenvalue weighted by molar-refractivity contribution is 7.91. The molecule has 160 valence electrons. The van der Waals surface area contributed by atoms with Gasteiger partial charge in [-0.25, -0.2) is 8.42 Å². The number of carbonyl (C=O) groups is 1. The van der Waals surface area contributed by atoms with Crippen LogP contribution in [-0.4, -0.2) is 43.0 Å². The fourth-order valence-electron chi connectivity index (χ4n) is 3.56. The number of aliphatic hydroxyl groups is 1. The molecule has 0 saturated carbocycles. The normalized spacial score (nSPS) is 16.4. The highest BCUT2D eigenvalue weighted by atomic mass is 32.2. The second kappa shape index (κ2) is 8.70. The van der Waals surface area contributed by atoms with Crippen LogP contribution in [0.15, 0.2) is 52.4 Å². The van der Waals surface area contributed by atoms with Crippen LogP contribution in [0.5, 0.6) is 0 Å². The molecule has 3 rings (SSSR count). The maximum absolute atomic E-state index is 12.9. The van der Waals surface area contributed by atoms with E-state index in [9.17, 15) is 18.3 Å². The topological polar surface area (TPSA) is 95.8 Å². The Kier molecular flexibility index (Phi) is 6.43. The van der Waals surface area contributed by atoms with E-state index >= 15 is 0 Å². The molecule has 0 saturated heterocycles. The van der Waals surface area contributed by atoms with Gasteiger partial charge in [-0.3, -0.25) is 9.79 Å². The third-order valence-corrected chi connectivity index (χ3v) is 7.35. The zero-order valence-corrected chi connectivity index (χ0v) is 18.5. The lowest BCUT2D eigenvalue weighted by Crippen LogP contribution is -2.46. The Morgan fingerprint density at radius 3 is 2.40 bits per heavy atom. The minimum atomic E-state index is -3.72. The van der Waals surface area contributed by atoms with Crippen molar-refractivity contribution in [2.75, 3.05) is 5.75 Å². The molecule has 7 heteroatoms. The van der Waals surface area contributed by atoms with E-state index in [4.69, 9.17) is 0 Å². The fourth-order valence-corrected chi connectivity index (χ4v) is 5.21. The molecule has 0 bridgehead atoms. The molecule has 1 aliphatic heterocycles. The van der Waals surface area contributed by atoms with Crippen LogP contribution < -0.4 is 5.32 Å². The average molecular weight is 429 g/mol. The van der Waals surface area contributed by atoms with Crippen LogP contribution in [0.1, 0.15) is 30.5 Å². The third-order valence-electron chi connectivity index (χ3n) is 5.56. The Balaban J connectivity index is 1.72. The molecule has 0 fully saturated rings. The van der Waals surface area contributed by atoms with Crippen LogP contribution in [0.2, 0.25) is 0 Å². The van der Waals surface area contributed by atoms with Crippen molar-refractivity contribution in [1.29, 1.82) is 0 Å². The molecule has 1 heterocycles. The number of amides is 1. The minimum Gasteiger partial charge on any atom is -0.393 e. The molecule has 6 nitrogen and oxygen atoms in total. The summed E-state index contributed by atoms with van der Waals surface area (Å²) in [6.07, 6.45) is -0.466. The Labute approximate surface area is 178 Å². The lowest BCUT2D eigenvalue weighted by atomic mass is 10.0. The van der Waals surface area contributed by atoms with Crippen LogP contribution in [-0.2, 0) is 21.1 Å². The number of aliphatic imine (C=N–C) groups is 1. The van der Waals surface area contributed by atoms with E-state index in [1.165, 1.54) is 19.1 Å². The molecular formula is C23H28N2O4S. The largest absolute Gasteiger partial charge is 0.393 e. The van der Waals surface area contributed by atoms with Gasteiger partial charge < -0.3 is 10.4 Å². The number of nitrogens with zero attached hydrogens (tertiary/aromatic N) is 1. The van der Waals surface area contributed by atoms with Gasteiger partial charge in [-0.15, -0.1) is 0 Å². The highest BCUT2D eigenvalue weighted by Gasteiger charge is 2.32. The number of aliphatic hydroxyl groups excluding tert-OH is 1. The van der Waals surface area contributed by atoms with Gasteiger partial charge >= 0.3 is 0 Å². The van der Waals surface area contributed by atoms with Crippen molar-refractivity contribution >= 4 is 27.1 Å².